The molecule has 0 atom stereocenters. The van der Waals surface area contributed by atoms with Crippen LogP contribution < -0.4 is 4.74 Å². The molecule has 0 fully saturated rings. The average Bonchev–Trinajstić information content (AvgIpc) is 3.16. The molecular weight excluding hydrogens is 330 g/mol. The lowest BCUT2D eigenvalue weighted by Crippen LogP contribution is -2.00. The van der Waals surface area contributed by atoms with Crippen molar-refractivity contribution in [3.63, 3.8) is 0 Å². The van der Waals surface area contributed by atoms with E-state index in [1.165, 1.54) is 6.08 Å². The maximum atomic E-state index is 11.8. The van der Waals surface area contributed by atoms with E-state index >= 15 is 0 Å². The molecule has 0 bridgehead atoms. The number of hydrogen-bond donors (Lipinski definition) is 0. The Morgan fingerprint density at radius 3 is 2.62 bits per heavy atom. The van der Waals surface area contributed by atoms with E-state index in [0.29, 0.717) is 18.1 Å². The second kappa shape index (κ2) is 8.67. The third-order valence-corrected chi connectivity index (χ3v) is 3.58. The summed E-state index contributed by atoms with van der Waals surface area (Å²) in [6, 6.07) is 18.8. The Morgan fingerprint density at radius 1 is 1.12 bits per heavy atom. The van der Waals surface area contributed by atoms with E-state index in [1.54, 1.807) is 12.1 Å². The molecular formula is C21H19NO4. The number of ether oxygens (including phenoxy) is 2. The van der Waals surface area contributed by atoms with E-state index in [2.05, 4.69) is 5.16 Å². The van der Waals surface area contributed by atoms with Crippen molar-refractivity contribution in [1.29, 1.82) is 0 Å². The molecule has 2 aromatic carbocycles. The number of benzene rings is 2. The SMILES string of the molecule is CCOc1ccc(/C=C/C(=O)OCc2cc(-c3ccccc3)on2)cc1. The molecule has 5 heteroatoms. The van der Waals surface area contributed by atoms with E-state index < -0.39 is 5.97 Å². The van der Waals surface area contributed by atoms with Gasteiger partial charge in [-0.15, -0.1) is 0 Å². The van der Waals surface area contributed by atoms with E-state index in [1.807, 2.05) is 61.5 Å². The Morgan fingerprint density at radius 2 is 1.88 bits per heavy atom. The van der Waals surface area contributed by atoms with Crippen LogP contribution in [0, 0.1) is 0 Å². The van der Waals surface area contributed by atoms with Gasteiger partial charge in [-0.1, -0.05) is 47.6 Å². The van der Waals surface area contributed by atoms with E-state index in [0.717, 1.165) is 16.9 Å². The highest BCUT2D eigenvalue weighted by molar-refractivity contribution is 5.87. The van der Waals surface area contributed by atoms with E-state index in [9.17, 15) is 4.79 Å². The van der Waals surface area contributed by atoms with Gasteiger partial charge < -0.3 is 14.0 Å². The summed E-state index contributed by atoms with van der Waals surface area (Å²) in [5.41, 5.74) is 2.37. The third-order valence-electron chi connectivity index (χ3n) is 3.58. The van der Waals surface area contributed by atoms with E-state index in [-0.39, 0.29) is 6.61 Å². The molecule has 1 aromatic heterocycles. The van der Waals surface area contributed by atoms with Crippen LogP contribution in [0.3, 0.4) is 0 Å². The van der Waals surface area contributed by atoms with Gasteiger partial charge >= 0.3 is 5.97 Å². The first-order valence-electron chi connectivity index (χ1n) is 8.33. The topological polar surface area (TPSA) is 61.6 Å². The van der Waals surface area contributed by atoms with Crippen molar-refractivity contribution in [3.8, 4) is 17.1 Å². The Kier molecular flexibility index (Phi) is 5.83. The predicted octanol–water partition coefficient (Wildman–Crippen LogP) is 4.50. The summed E-state index contributed by atoms with van der Waals surface area (Å²) in [6.45, 7) is 2.61. The maximum absolute atomic E-state index is 11.8. The largest absolute Gasteiger partial charge is 0.494 e. The first-order valence-corrected chi connectivity index (χ1v) is 8.33. The number of carbonyl (C=O) groups is 1. The van der Waals surface area contributed by atoms with Gasteiger partial charge in [0.1, 0.15) is 18.1 Å². The monoisotopic (exact) mass is 349 g/mol. The van der Waals surface area contributed by atoms with Crippen molar-refractivity contribution in [2.75, 3.05) is 6.61 Å². The predicted molar refractivity (Wildman–Crippen MR) is 98.4 cm³/mol. The smallest absolute Gasteiger partial charge is 0.331 e. The molecule has 132 valence electrons. The molecule has 0 aliphatic heterocycles. The number of hydrogen-bond acceptors (Lipinski definition) is 5. The van der Waals surface area contributed by atoms with Crippen molar-refractivity contribution in [1.82, 2.24) is 5.16 Å². The molecule has 0 N–H and O–H groups in total. The van der Waals surface area contributed by atoms with Crippen LogP contribution in [0.4, 0.5) is 0 Å². The molecule has 0 amide bonds. The van der Waals surface area contributed by atoms with Crippen LogP contribution in [0.25, 0.3) is 17.4 Å². The van der Waals surface area contributed by atoms with Gasteiger partial charge in [-0.3, -0.25) is 0 Å². The molecule has 0 saturated heterocycles. The summed E-state index contributed by atoms with van der Waals surface area (Å²) in [5, 5.41) is 3.92. The van der Waals surface area contributed by atoms with Gasteiger partial charge in [0.25, 0.3) is 0 Å². The van der Waals surface area contributed by atoms with Gasteiger partial charge in [-0.25, -0.2) is 4.79 Å². The van der Waals surface area contributed by atoms with Gasteiger partial charge in [0.05, 0.1) is 6.61 Å². The van der Waals surface area contributed by atoms with Crippen molar-refractivity contribution >= 4 is 12.0 Å². The molecule has 3 rings (SSSR count). The minimum Gasteiger partial charge on any atom is -0.494 e. The first kappa shape index (κ1) is 17.5. The summed E-state index contributed by atoms with van der Waals surface area (Å²) in [4.78, 5) is 11.8. The average molecular weight is 349 g/mol. The lowest BCUT2D eigenvalue weighted by molar-refractivity contribution is -0.139. The van der Waals surface area contributed by atoms with E-state index in [4.69, 9.17) is 14.0 Å². The van der Waals surface area contributed by atoms with Crippen molar-refractivity contribution in [2.24, 2.45) is 0 Å². The highest BCUT2D eigenvalue weighted by Gasteiger charge is 2.08. The van der Waals surface area contributed by atoms with Crippen LogP contribution in [0.15, 0.2) is 71.3 Å². The zero-order valence-corrected chi connectivity index (χ0v) is 14.4. The van der Waals surface area contributed by atoms with Crippen LogP contribution >= 0.6 is 0 Å². The highest BCUT2D eigenvalue weighted by atomic mass is 16.5. The van der Waals surface area contributed by atoms with Crippen LogP contribution in [0.1, 0.15) is 18.2 Å². The quantitative estimate of drug-likeness (QED) is 0.464. The van der Waals surface area contributed by atoms with Crippen molar-refractivity contribution in [2.45, 2.75) is 13.5 Å². The standard InChI is InChI=1S/C21H19NO4/c1-2-24-19-11-8-16(9-12-19)10-13-21(23)25-15-18-14-20(26-22-18)17-6-4-3-5-7-17/h3-14H,2,15H2,1H3/b13-10+. The van der Waals surface area contributed by atoms with Crippen LogP contribution in [-0.4, -0.2) is 17.7 Å². The Labute approximate surface area is 151 Å². The minimum absolute atomic E-state index is 0.0583. The van der Waals surface area contributed by atoms with Crippen molar-refractivity contribution in [3.05, 3.63) is 78.0 Å². The van der Waals surface area contributed by atoms with Crippen LogP contribution in [-0.2, 0) is 16.1 Å². The molecule has 26 heavy (non-hydrogen) atoms. The third kappa shape index (κ3) is 4.83. The second-order valence-electron chi connectivity index (χ2n) is 5.49. The molecule has 0 unspecified atom stereocenters. The lowest BCUT2D eigenvalue weighted by Gasteiger charge is -2.02. The fourth-order valence-corrected chi connectivity index (χ4v) is 2.32. The lowest BCUT2D eigenvalue weighted by atomic mass is 10.2. The number of carbonyl (C=O) groups excluding carboxylic acids is 1. The molecule has 0 aliphatic rings. The molecule has 0 spiro atoms. The first-order chi connectivity index (χ1) is 12.7. The second-order valence-corrected chi connectivity index (χ2v) is 5.49. The number of rotatable bonds is 7. The minimum atomic E-state index is -0.442. The van der Waals surface area contributed by atoms with Gasteiger partial charge in [0, 0.05) is 17.7 Å². The van der Waals surface area contributed by atoms with Crippen LogP contribution in [0.2, 0.25) is 0 Å². The fraction of sp³-hybridized carbons (Fsp3) is 0.143. The number of aromatic nitrogens is 1. The zero-order valence-electron chi connectivity index (χ0n) is 14.4. The summed E-state index contributed by atoms with van der Waals surface area (Å²) in [5.74, 6) is 0.997. The summed E-state index contributed by atoms with van der Waals surface area (Å²) >= 11 is 0. The van der Waals surface area contributed by atoms with Gasteiger partial charge in [0.15, 0.2) is 5.76 Å². The molecule has 3 aromatic rings. The zero-order chi connectivity index (χ0) is 18.2. The normalized spacial score (nSPS) is 10.8. The summed E-state index contributed by atoms with van der Waals surface area (Å²) in [7, 11) is 0. The Hall–Kier alpha value is -3.34. The number of nitrogens with zero attached hydrogens (tertiary/aromatic N) is 1. The van der Waals surface area contributed by atoms with Crippen LogP contribution in [0.5, 0.6) is 5.75 Å². The summed E-state index contributed by atoms with van der Waals surface area (Å²) in [6.07, 6.45) is 3.07. The molecule has 0 radical (unpaired) electrons. The van der Waals surface area contributed by atoms with Crippen molar-refractivity contribution < 1.29 is 18.8 Å². The highest BCUT2D eigenvalue weighted by Crippen LogP contribution is 2.20. The maximum Gasteiger partial charge on any atom is 0.331 e. The number of esters is 1. The molecule has 1 heterocycles. The molecule has 0 saturated carbocycles. The molecule has 5 nitrogen and oxygen atoms in total. The molecule has 0 aliphatic carbocycles. The summed E-state index contributed by atoms with van der Waals surface area (Å²) < 4.78 is 15.8. The fourth-order valence-electron chi connectivity index (χ4n) is 2.32. The van der Waals surface area contributed by atoms with Gasteiger partial charge in [-0.2, -0.15) is 0 Å². The van der Waals surface area contributed by atoms with Gasteiger partial charge in [-0.05, 0) is 30.7 Å². The van der Waals surface area contributed by atoms with Gasteiger partial charge in [0.2, 0.25) is 0 Å². The Balaban J connectivity index is 1.52. The Bertz CT molecular complexity index is 867.